The van der Waals surface area contributed by atoms with Crippen molar-refractivity contribution in [2.45, 2.75) is 65.0 Å². The van der Waals surface area contributed by atoms with E-state index >= 15 is 8.78 Å². The zero-order valence-electron chi connectivity index (χ0n) is 40.4. The van der Waals surface area contributed by atoms with Gasteiger partial charge in [-0.3, -0.25) is 48.6 Å². The summed E-state index contributed by atoms with van der Waals surface area (Å²) in [4.78, 5) is 73.6. The summed E-state index contributed by atoms with van der Waals surface area (Å²) >= 11 is 7.81. The van der Waals surface area contributed by atoms with Gasteiger partial charge in [0.2, 0.25) is 17.7 Å². The summed E-state index contributed by atoms with van der Waals surface area (Å²) in [5, 5.41) is 12.2. The Morgan fingerprint density at radius 3 is 2.35 bits per heavy atom. The lowest BCUT2D eigenvalue weighted by molar-refractivity contribution is -0.136. The summed E-state index contributed by atoms with van der Waals surface area (Å²) < 4.78 is 106. The number of carbonyl (C=O) groups excluding carboxylic acids is 5. The van der Waals surface area contributed by atoms with Crippen molar-refractivity contribution in [3.8, 4) is 5.00 Å². The first kappa shape index (κ1) is 31.5. The van der Waals surface area contributed by atoms with Gasteiger partial charge in [-0.2, -0.15) is 0 Å². The quantitative estimate of drug-likeness (QED) is 0.255. The van der Waals surface area contributed by atoms with E-state index in [0.717, 1.165) is 26.6 Å². The normalized spacial score (nSPS) is 26.5. The molecule has 2 aromatic carbocycles. The number of nitrogens with zero attached hydrogens (tertiary/aromatic N) is 8. The van der Waals surface area contributed by atoms with Crippen molar-refractivity contribution in [2.24, 2.45) is 10.9 Å². The number of likely N-dealkylation sites (tertiary alicyclic amines) is 1. The van der Waals surface area contributed by atoms with E-state index < -0.39 is 103 Å². The van der Waals surface area contributed by atoms with Gasteiger partial charge in [-0.15, -0.1) is 21.5 Å². The van der Waals surface area contributed by atoms with Crippen LogP contribution in [0.1, 0.15) is 103 Å². The van der Waals surface area contributed by atoms with Gasteiger partial charge < -0.3 is 9.80 Å². The van der Waals surface area contributed by atoms with Gasteiger partial charge in [0.15, 0.2) is 11.6 Å². The van der Waals surface area contributed by atoms with Gasteiger partial charge in [0.25, 0.3) is 11.8 Å². The van der Waals surface area contributed by atoms with Crippen LogP contribution in [0.5, 0.6) is 0 Å². The highest BCUT2D eigenvalue weighted by Gasteiger charge is 2.48. The Morgan fingerprint density at radius 2 is 1.65 bits per heavy atom. The van der Waals surface area contributed by atoms with Crippen LogP contribution in [0.4, 0.5) is 14.5 Å². The van der Waals surface area contributed by atoms with E-state index in [9.17, 15) is 24.0 Å². The first-order valence-corrected chi connectivity index (χ1v) is 20.5. The van der Waals surface area contributed by atoms with Crippen molar-refractivity contribution in [3.05, 3.63) is 91.3 Å². The van der Waals surface area contributed by atoms with Crippen LogP contribution in [0, 0.1) is 38.3 Å². The summed E-state index contributed by atoms with van der Waals surface area (Å²) in [6.07, 6.45) is -0.433. The molecule has 5 aliphatic rings. The lowest BCUT2D eigenvalue weighted by Gasteiger charge is -2.39. The van der Waals surface area contributed by atoms with E-state index in [1.165, 1.54) is 0 Å². The molecule has 4 aromatic rings. The smallest absolute Gasteiger partial charge is 0.265 e. The highest BCUT2D eigenvalue weighted by Crippen LogP contribution is 2.41. The Kier molecular flexibility index (Phi) is 8.17. The molecule has 0 spiro atoms. The van der Waals surface area contributed by atoms with Crippen LogP contribution < -0.4 is 10.2 Å². The number of amides is 5. The second-order valence-electron chi connectivity index (χ2n) is 15.2. The maximum Gasteiger partial charge on any atom is 0.265 e. The number of benzene rings is 2. The van der Waals surface area contributed by atoms with Gasteiger partial charge in [-0.05, 0) is 63.6 Å². The number of anilines is 1. The topological polar surface area (TPSA) is 153 Å². The fraction of sp³-hybridized carbons (Fsp3) is 0.429. The molecule has 18 heteroatoms. The van der Waals surface area contributed by atoms with Gasteiger partial charge in [0.05, 0.1) is 34.4 Å². The number of hydrogen-bond donors (Lipinski definition) is 1. The lowest BCUT2D eigenvalue weighted by Crippen LogP contribution is -2.54. The largest absolute Gasteiger partial charge is 0.366 e. The Hall–Kier alpha value is -5.39. The Balaban J connectivity index is 0.946. The number of fused-ring (bicyclic) bond motifs is 4. The molecule has 0 radical (unpaired) electrons. The van der Waals surface area contributed by atoms with E-state index in [1.807, 2.05) is 42.8 Å². The molecule has 14 nitrogen and oxygen atoms in total. The van der Waals surface area contributed by atoms with Gasteiger partial charge in [0.1, 0.15) is 28.7 Å². The molecule has 7 heterocycles. The fourth-order valence-electron chi connectivity index (χ4n) is 8.27. The maximum absolute atomic E-state index is 16.6. The minimum atomic E-state index is -3.70. The van der Waals surface area contributed by atoms with Crippen LogP contribution in [0.3, 0.4) is 0 Å². The van der Waals surface area contributed by atoms with E-state index in [4.69, 9.17) is 27.6 Å². The third-order valence-corrected chi connectivity index (χ3v) is 13.0. The monoisotopic (exact) mass is 865 g/mol. The molecule has 0 bridgehead atoms. The van der Waals surface area contributed by atoms with Crippen LogP contribution in [-0.2, 0) is 14.4 Å². The lowest BCUT2D eigenvalue weighted by atomic mass is 9.95. The van der Waals surface area contributed by atoms with Gasteiger partial charge >= 0.3 is 0 Å². The Labute approximate surface area is 364 Å². The third kappa shape index (κ3) is 6.89. The Morgan fingerprint density at radius 1 is 0.950 bits per heavy atom. The van der Waals surface area contributed by atoms with Crippen molar-refractivity contribution in [1.29, 1.82) is 0 Å². The minimum absolute atomic E-state index is 0.102. The highest BCUT2D eigenvalue weighted by molar-refractivity contribution is 7.15. The molecule has 1 N–H and O–H groups in total. The number of hydrogen-bond acceptors (Lipinski definition) is 11. The molecule has 2 aromatic heterocycles. The average molecular weight is 866 g/mol. The molecular weight excluding hydrogens is 816 g/mol. The van der Waals surface area contributed by atoms with Gasteiger partial charge in [-0.25, -0.2) is 8.78 Å². The van der Waals surface area contributed by atoms with Gasteiger partial charge in [0, 0.05) is 84.6 Å². The van der Waals surface area contributed by atoms with E-state index in [2.05, 4.69) is 10.2 Å². The standard InChI is InChI=1S/C42H42ClF2N9O5S/c1-21-22(2)60-42-33(21)37(25-4-6-26(43)7-5-25)46-28(38-49-48-23(3)53(38)42)19-32(56)52-12-10-24(11-13-52)20-50-14-16-51(17-15-50)30-18-27(44)34-35(36(30)45)41(59)54(40(34)58)29-8-9-31(55)47-39(29)57/h4-7,18,24,28-29H,8-17,19-20H2,1-3H3,(H,47,55,57)/t28-,29?/m0/s1/i14D2,15D2,16D2,17D2. The molecule has 0 saturated carbocycles. The minimum Gasteiger partial charge on any atom is -0.366 e. The number of aromatic nitrogens is 3. The number of nitrogens with one attached hydrogen (secondary N) is 1. The number of aryl methyl sites for hydroxylation is 2. The van der Waals surface area contributed by atoms with Crippen LogP contribution in [-0.4, -0.2) is 116 Å². The van der Waals surface area contributed by atoms with E-state index in [-0.39, 0.29) is 67.0 Å². The summed E-state index contributed by atoms with van der Waals surface area (Å²) in [5.74, 6) is -8.09. The van der Waals surface area contributed by atoms with E-state index in [0.29, 0.717) is 27.3 Å². The second-order valence-corrected chi connectivity index (χ2v) is 16.9. The zero-order chi connectivity index (χ0) is 49.3. The predicted octanol–water partition coefficient (Wildman–Crippen LogP) is 4.93. The predicted molar refractivity (Wildman–Crippen MR) is 219 cm³/mol. The maximum atomic E-state index is 16.6. The fourth-order valence-corrected chi connectivity index (χ4v) is 9.61. The van der Waals surface area contributed by atoms with Crippen LogP contribution >= 0.6 is 22.9 Å². The molecular formula is C42H42ClF2N9O5S. The van der Waals surface area contributed by atoms with Crippen molar-refractivity contribution in [3.63, 3.8) is 0 Å². The number of rotatable bonds is 7. The average Bonchev–Trinajstić information content (AvgIpc) is 3.85. The molecule has 5 aliphatic heterocycles. The Bertz CT molecular complexity index is 2860. The number of imide groups is 2. The zero-order valence-corrected chi connectivity index (χ0v) is 34.0. The van der Waals surface area contributed by atoms with Crippen LogP contribution in [0.25, 0.3) is 5.00 Å². The van der Waals surface area contributed by atoms with Crippen molar-refractivity contribution in [2.75, 3.05) is 50.5 Å². The SMILES string of the molecule is [2H]C1([2H])N(CC2CCN(C(=O)C[C@@H]3N=C(c4ccc(Cl)cc4)c4c(sc(C)c4C)-n4c(C)nnc43)CC2)C([2H])([2H])C([2H])([2H])N(c2cc(F)c3c(c2F)C(=O)N(C2CCC(=O)NC2=O)C3=O)C1([2H])[2H]. The first-order valence-electron chi connectivity index (χ1n) is 23.3. The summed E-state index contributed by atoms with van der Waals surface area (Å²) in [5.41, 5.74) is -0.490. The number of thiophene rings is 1. The van der Waals surface area contributed by atoms with E-state index in [1.54, 1.807) is 28.4 Å². The number of piperidine rings is 2. The van der Waals surface area contributed by atoms with Crippen LogP contribution in [0.15, 0.2) is 35.3 Å². The number of piperazine rings is 1. The van der Waals surface area contributed by atoms with Crippen LogP contribution in [0.2, 0.25) is 5.02 Å². The molecule has 9 rings (SSSR count). The molecule has 5 amide bonds. The number of halogens is 3. The molecule has 60 heavy (non-hydrogen) atoms. The molecule has 0 aliphatic carbocycles. The molecule has 312 valence electrons. The van der Waals surface area contributed by atoms with Crippen molar-refractivity contribution in [1.82, 2.24) is 34.8 Å². The summed E-state index contributed by atoms with van der Waals surface area (Å²) in [7, 11) is 0. The summed E-state index contributed by atoms with van der Waals surface area (Å²) in [6.45, 7) is -8.84. The molecule has 1 unspecified atom stereocenters. The molecule has 2 atom stereocenters. The van der Waals surface area contributed by atoms with Gasteiger partial charge in [-0.1, -0.05) is 23.7 Å². The number of carbonyl (C=O) groups is 5. The second kappa shape index (κ2) is 15.6. The molecule has 3 fully saturated rings. The van der Waals surface area contributed by atoms with Crippen molar-refractivity contribution < 1.29 is 43.7 Å². The van der Waals surface area contributed by atoms with Crippen molar-refractivity contribution >= 4 is 63.9 Å². The highest BCUT2D eigenvalue weighted by atomic mass is 35.5. The number of aliphatic imine (C=N–C) groups is 1. The molecule has 3 saturated heterocycles. The summed E-state index contributed by atoms with van der Waals surface area (Å²) in [6, 6.07) is 5.02. The third-order valence-electron chi connectivity index (χ3n) is 11.6. The first-order chi connectivity index (χ1) is 31.8.